The minimum Gasteiger partial charge on any atom is -0.319 e. The molecule has 14 heavy (non-hydrogen) atoms. The maximum atomic E-state index is 3.53. The van der Waals surface area contributed by atoms with Crippen LogP contribution in [0.2, 0.25) is 0 Å². The van der Waals surface area contributed by atoms with Crippen molar-refractivity contribution in [3.8, 4) is 0 Å². The first-order valence-electron chi connectivity index (χ1n) is 5.21. The van der Waals surface area contributed by atoms with Crippen molar-refractivity contribution in [1.82, 2.24) is 5.32 Å². The Bertz CT molecular complexity index is 311. The maximum Gasteiger partial charge on any atom is 0.0178 e. The summed E-state index contributed by atoms with van der Waals surface area (Å²) in [6.07, 6.45) is 2.72. The molecular formula is C12H16BrN. The van der Waals surface area contributed by atoms with Crippen LogP contribution in [0.15, 0.2) is 28.7 Å². The Morgan fingerprint density at radius 2 is 2.29 bits per heavy atom. The monoisotopic (exact) mass is 253 g/mol. The van der Waals surface area contributed by atoms with E-state index in [9.17, 15) is 0 Å². The molecule has 1 aromatic carbocycles. The molecule has 2 heteroatoms. The van der Waals surface area contributed by atoms with Gasteiger partial charge < -0.3 is 5.32 Å². The summed E-state index contributed by atoms with van der Waals surface area (Å²) in [6, 6.07) is 8.73. The Morgan fingerprint density at radius 1 is 1.43 bits per heavy atom. The third-order valence-corrected chi connectivity index (χ3v) is 3.65. The Hall–Kier alpha value is -0.340. The van der Waals surface area contributed by atoms with Crippen LogP contribution in [-0.4, -0.2) is 13.6 Å². The average molecular weight is 254 g/mol. The van der Waals surface area contributed by atoms with Crippen molar-refractivity contribution >= 4 is 15.9 Å². The predicted molar refractivity (Wildman–Crippen MR) is 63.5 cm³/mol. The predicted octanol–water partition coefficient (Wildman–Crippen LogP) is 3.16. The minimum absolute atomic E-state index is 0.778. The van der Waals surface area contributed by atoms with Crippen LogP contribution in [-0.2, 0) is 0 Å². The van der Waals surface area contributed by atoms with E-state index in [1.165, 1.54) is 22.9 Å². The Morgan fingerprint density at radius 3 is 2.86 bits per heavy atom. The minimum atomic E-state index is 0.778. The fraction of sp³-hybridized carbons (Fsp3) is 0.500. The normalized spacial score (nSPS) is 25.9. The quantitative estimate of drug-likeness (QED) is 0.873. The molecular weight excluding hydrogens is 238 g/mol. The zero-order chi connectivity index (χ0) is 9.97. The van der Waals surface area contributed by atoms with Crippen LogP contribution in [0.1, 0.15) is 24.3 Å². The number of hydrogen-bond donors (Lipinski definition) is 1. The van der Waals surface area contributed by atoms with Gasteiger partial charge in [0.1, 0.15) is 0 Å². The summed E-state index contributed by atoms with van der Waals surface area (Å²) in [7, 11) is 2.04. The lowest BCUT2D eigenvalue weighted by atomic mass is 9.70. The molecule has 1 nitrogen and oxygen atoms in total. The molecule has 0 saturated heterocycles. The summed E-state index contributed by atoms with van der Waals surface area (Å²) in [6.45, 7) is 1.15. The van der Waals surface area contributed by atoms with Crippen LogP contribution >= 0.6 is 15.9 Å². The molecule has 1 aliphatic carbocycles. The highest BCUT2D eigenvalue weighted by Gasteiger charge is 2.31. The number of benzene rings is 1. The molecule has 0 aliphatic heterocycles. The van der Waals surface area contributed by atoms with Crippen molar-refractivity contribution < 1.29 is 0 Å². The van der Waals surface area contributed by atoms with Gasteiger partial charge >= 0.3 is 0 Å². The van der Waals surface area contributed by atoms with Crippen molar-refractivity contribution in [1.29, 1.82) is 0 Å². The highest BCUT2D eigenvalue weighted by molar-refractivity contribution is 9.10. The van der Waals surface area contributed by atoms with Gasteiger partial charge in [0.05, 0.1) is 0 Å². The van der Waals surface area contributed by atoms with E-state index in [1.54, 1.807) is 0 Å². The van der Waals surface area contributed by atoms with Gasteiger partial charge in [-0.2, -0.15) is 0 Å². The van der Waals surface area contributed by atoms with E-state index >= 15 is 0 Å². The number of hydrogen-bond acceptors (Lipinski definition) is 1. The molecule has 1 N–H and O–H groups in total. The Labute approximate surface area is 94.0 Å². The van der Waals surface area contributed by atoms with Crippen LogP contribution in [0, 0.1) is 5.92 Å². The van der Waals surface area contributed by atoms with Gasteiger partial charge in [0.2, 0.25) is 0 Å². The standard InChI is InChI=1S/C12H16BrN/c1-14-8-10-5-6-12(10)9-3-2-4-11(13)7-9/h2-4,7,10,12,14H,5-6,8H2,1H3. The highest BCUT2D eigenvalue weighted by Crippen LogP contribution is 2.42. The van der Waals surface area contributed by atoms with Gasteiger partial charge in [0.25, 0.3) is 0 Å². The van der Waals surface area contributed by atoms with Crippen molar-refractivity contribution in [3.63, 3.8) is 0 Å². The molecule has 1 saturated carbocycles. The van der Waals surface area contributed by atoms with Crippen LogP contribution < -0.4 is 5.32 Å². The first kappa shape index (κ1) is 10.2. The summed E-state index contributed by atoms with van der Waals surface area (Å²) >= 11 is 3.53. The van der Waals surface area contributed by atoms with Crippen molar-refractivity contribution in [2.45, 2.75) is 18.8 Å². The third kappa shape index (κ3) is 2.01. The second-order valence-corrected chi connectivity index (χ2v) is 4.97. The van der Waals surface area contributed by atoms with E-state index in [0.717, 1.165) is 18.4 Å². The molecule has 0 aromatic heterocycles. The topological polar surface area (TPSA) is 12.0 Å². The van der Waals surface area contributed by atoms with Gasteiger partial charge in [-0.3, -0.25) is 0 Å². The molecule has 1 fully saturated rings. The molecule has 2 unspecified atom stereocenters. The molecule has 2 rings (SSSR count). The fourth-order valence-electron chi connectivity index (χ4n) is 2.25. The Balaban J connectivity index is 2.08. The van der Waals surface area contributed by atoms with Crippen LogP contribution in [0.4, 0.5) is 0 Å². The smallest absolute Gasteiger partial charge is 0.0178 e. The fourth-order valence-corrected chi connectivity index (χ4v) is 2.67. The van der Waals surface area contributed by atoms with E-state index in [0.29, 0.717) is 0 Å². The van der Waals surface area contributed by atoms with E-state index in [1.807, 2.05) is 7.05 Å². The van der Waals surface area contributed by atoms with Crippen LogP contribution in [0.5, 0.6) is 0 Å². The van der Waals surface area contributed by atoms with Crippen LogP contribution in [0.3, 0.4) is 0 Å². The first-order chi connectivity index (χ1) is 6.81. The largest absolute Gasteiger partial charge is 0.319 e. The van der Waals surface area contributed by atoms with Crippen molar-refractivity contribution in [2.24, 2.45) is 5.92 Å². The molecule has 1 aliphatic rings. The lowest BCUT2D eigenvalue weighted by Crippen LogP contribution is -2.32. The van der Waals surface area contributed by atoms with E-state index < -0.39 is 0 Å². The zero-order valence-electron chi connectivity index (χ0n) is 8.46. The summed E-state index contributed by atoms with van der Waals surface area (Å²) in [5.41, 5.74) is 1.49. The number of rotatable bonds is 3. The lowest BCUT2D eigenvalue weighted by molar-refractivity contribution is 0.250. The molecule has 0 heterocycles. The average Bonchev–Trinajstić information content (AvgIpc) is 2.12. The third-order valence-electron chi connectivity index (χ3n) is 3.16. The van der Waals surface area contributed by atoms with Crippen LogP contribution in [0.25, 0.3) is 0 Å². The van der Waals surface area contributed by atoms with Gasteiger partial charge in [-0.05, 0) is 56.0 Å². The van der Waals surface area contributed by atoms with E-state index in [2.05, 4.69) is 45.5 Å². The van der Waals surface area contributed by atoms with Gasteiger partial charge in [-0.25, -0.2) is 0 Å². The molecule has 0 bridgehead atoms. The molecule has 0 spiro atoms. The molecule has 0 amide bonds. The van der Waals surface area contributed by atoms with Crippen molar-refractivity contribution in [2.75, 3.05) is 13.6 Å². The molecule has 2 atom stereocenters. The second kappa shape index (κ2) is 4.45. The SMILES string of the molecule is CNCC1CCC1c1cccc(Br)c1. The maximum absolute atomic E-state index is 3.53. The first-order valence-corrected chi connectivity index (χ1v) is 6.00. The van der Waals surface area contributed by atoms with Gasteiger partial charge in [0.15, 0.2) is 0 Å². The van der Waals surface area contributed by atoms with E-state index in [-0.39, 0.29) is 0 Å². The van der Waals surface area contributed by atoms with Gasteiger partial charge in [0, 0.05) is 4.47 Å². The summed E-state index contributed by atoms with van der Waals surface area (Å²) in [4.78, 5) is 0. The Kier molecular flexibility index (Phi) is 3.24. The second-order valence-electron chi connectivity index (χ2n) is 4.06. The zero-order valence-corrected chi connectivity index (χ0v) is 10.0. The summed E-state index contributed by atoms with van der Waals surface area (Å²) in [5, 5.41) is 3.27. The van der Waals surface area contributed by atoms with Gasteiger partial charge in [-0.1, -0.05) is 28.1 Å². The number of halogens is 1. The molecule has 1 aromatic rings. The van der Waals surface area contributed by atoms with E-state index in [4.69, 9.17) is 0 Å². The molecule has 0 radical (unpaired) electrons. The highest BCUT2D eigenvalue weighted by atomic mass is 79.9. The van der Waals surface area contributed by atoms with Gasteiger partial charge in [-0.15, -0.1) is 0 Å². The lowest BCUT2D eigenvalue weighted by Gasteiger charge is -2.37. The van der Waals surface area contributed by atoms with Crippen molar-refractivity contribution in [3.05, 3.63) is 34.3 Å². The molecule has 76 valence electrons. The summed E-state index contributed by atoms with van der Waals surface area (Å²) < 4.78 is 1.20. The summed E-state index contributed by atoms with van der Waals surface area (Å²) in [5.74, 6) is 1.62. The number of nitrogens with one attached hydrogen (secondary N) is 1.